The minimum Gasteiger partial charge on any atom is -0.337 e. The summed E-state index contributed by atoms with van der Waals surface area (Å²) in [6.45, 7) is 5.27. The van der Waals surface area contributed by atoms with Crippen LogP contribution >= 0.6 is 11.3 Å². The zero-order valence-corrected chi connectivity index (χ0v) is 19.0. The van der Waals surface area contributed by atoms with Crippen LogP contribution in [0.5, 0.6) is 0 Å². The Balaban J connectivity index is 1.22. The third-order valence-corrected chi connectivity index (χ3v) is 6.81. The van der Waals surface area contributed by atoms with E-state index in [0.29, 0.717) is 25.2 Å². The van der Waals surface area contributed by atoms with Crippen molar-refractivity contribution in [3.63, 3.8) is 0 Å². The number of thiazole rings is 1. The van der Waals surface area contributed by atoms with Gasteiger partial charge < -0.3 is 14.6 Å². The molecule has 0 spiro atoms. The van der Waals surface area contributed by atoms with Crippen molar-refractivity contribution in [2.24, 2.45) is 5.92 Å². The minimum absolute atomic E-state index is 0.0203. The number of anilines is 1. The van der Waals surface area contributed by atoms with Crippen LogP contribution in [0, 0.1) is 19.8 Å². The van der Waals surface area contributed by atoms with Crippen LogP contribution in [-0.2, 0) is 4.79 Å². The van der Waals surface area contributed by atoms with E-state index >= 15 is 0 Å². The lowest BCUT2D eigenvalue weighted by molar-refractivity contribution is -0.117. The standard InChI is InChI=1S/C24H25N5O2S/c1-15-5-8-22-27-20(14-29(22)12-15)24(31)28-9-3-4-17(13-28)10-23(30)26-18-6-7-19-21(11-18)32-16(2)25-19/h5-8,11-12,14,17H,3-4,9-10,13H2,1-2H3,(H,26,30)/t17-/m1/s1. The van der Waals surface area contributed by atoms with Crippen LogP contribution in [0.25, 0.3) is 15.9 Å². The molecule has 4 aromatic rings. The molecule has 0 radical (unpaired) electrons. The fourth-order valence-electron chi connectivity index (χ4n) is 4.38. The molecule has 1 saturated heterocycles. The average Bonchev–Trinajstić information content (AvgIpc) is 3.35. The maximum absolute atomic E-state index is 13.0. The Kier molecular flexibility index (Phi) is 5.38. The predicted molar refractivity (Wildman–Crippen MR) is 126 cm³/mol. The molecule has 7 nitrogen and oxygen atoms in total. The number of likely N-dealkylation sites (tertiary alicyclic amines) is 1. The van der Waals surface area contributed by atoms with Gasteiger partial charge in [0.15, 0.2) is 0 Å². The first-order valence-corrected chi connectivity index (χ1v) is 11.7. The Labute approximate surface area is 190 Å². The number of hydrogen-bond acceptors (Lipinski definition) is 5. The summed E-state index contributed by atoms with van der Waals surface area (Å²) in [5, 5.41) is 4.02. The number of aryl methyl sites for hydroxylation is 2. The number of nitrogens with one attached hydrogen (secondary N) is 1. The number of carbonyl (C=O) groups excluding carboxylic acids is 2. The van der Waals surface area contributed by atoms with Crippen molar-refractivity contribution in [1.82, 2.24) is 19.3 Å². The van der Waals surface area contributed by atoms with Gasteiger partial charge in [-0.2, -0.15) is 0 Å². The quantitative estimate of drug-likeness (QED) is 0.502. The molecule has 1 fully saturated rings. The molecule has 1 atom stereocenters. The molecule has 1 N–H and O–H groups in total. The summed E-state index contributed by atoms with van der Waals surface area (Å²) in [4.78, 5) is 36.5. The molecule has 5 rings (SSSR count). The van der Waals surface area contributed by atoms with Crippen LogP contribution < -0.4 is 5.32 Å². The molecular formula is C24H25N5O2S. The van der Waals surface area contributed by atoms with Gasteiger partial charge in [0.05, 0.1) is 15.2 Å². The van der Waals surface area contributed by atoms with E-state index in [-0.39, 0.29) is 17.7 Å². The van der Waals surface area contributed by atoms with Crippen molar-refractivity contribution < 1.29 is 9.59 Å². The van der Waals surface area contributed by atoms with Gasteiger partial charge in [-0.15, -0.1) is 11.3 Å². The van der Waals surface area contributed by atoms with Crippen LogP contribution in [-0.4, -0.2) is 44.2 Å². The van der Waals surface area contributed by atoms with Gasteiger partial charge in [-0.3, -0.25) is 9.59 Å². The molecule has 0 unspecified atom stereocenters. The third kappa shape index (κ3) is 4.23. The summed E-state index contributed by atoms with van der Waals surface area (Å²) < 4.78 is 2.95. The normalized spacial score (nSPS) is 16.6. The Hall–Kier alpha value is -3.26. The highest BCUT2D eigenvalue weighted by Crippen LogP contribution is 2.26. The molecule has 32 heavy (non-hydrogen) atoms. The van der Waals surface area contributed by atoms with Crippen molar-refractivity contribution >= 4 is 44.7 Å². The van der Waals surface area contributed by atoms with Gasteiger partial charge in [0.25, 0.3) is 5.91 Å². The fraction of sp³-hybridized carbons (Fsp3) is 0.333. The van der Waals surface area contributed by atoms with Crippen LogP contribution in [0.1, 0.15) is 40.3 Å². The number of benzene rings is 1. The van der Waals surface area contributed by atoms with E-state index in [1.807, 2.05) is 59.7 Å². The maximum Gasteiger partial charge on any atom is 0.274 e. The number of pyridine rings is 1. The fourth-order valence-corrected chi connectivity index (χ4v) is 5.24. The monoisotopic (exact) mass is 447 g/mol. The first-order valence-electron chi connectivity index (χ1n) is 10.9. The second-order valence-electron chi connectivity index (χ2n) is 8.53. The number of rotatable bonds is 4. The molecule has 2 amide bonds. The van der Waals surface area contributed by atoms with Crippen molar-refractivity contribution in [2.75, 3.05) is 18.4 Å². The van der Waals surface area contributed by atoms with Crippen molar-refractivity contribution in [2.45, 2.75) is 33.1 Å². The Morgan fingerprint density at radius 1 is 1.16 bits per heavy atom. The summed E-state index contributed by atoms with van der Waals surface area (Å²) in [6, 6.07) is 9.70. The molecule has 3 aromatic heterocycles. The Morgan fingerprint density at radius 3 is 2.91 bits per heavy atom. The average molecular weight is 448 g/mol. The molecule has 0 saturated carbocycles. The van der Waals surface area contributed by atoms with E-state index in [9.17, 15) is 9.59 Å². The summed E-state index contributed by atoms with van der Waals surface area (Å²) in [5.41, 5.74) is 4.07. The lowest BCUT2D eigenvalue weighted by Gasteiger charge is -2.32. The van der Waals surface area contributed by atoms with Gasteiger partial charge >= 0.3 is 0 Å². The first-order chi connectivity index (χ1) is 15.4. The lowest BCUT2D eigenvalue weighted by Crippen LogP contribution is -2.41. The van der Waals surface area contributed by atoms with E-state index in [0.717, 1.165) is 45.0 Å². The largest absolute Gasteiger partial charge is 0.337 e. The molecule has 1 aromatic carbocycles. The number of piperidine rings is 1. The van der Waals surface area contributed by atoms with Gasteiger partial charge in [0.2, 0.25) is 5.91 Å². The summed E-state index contributed by atoms with van der Waals surface area (Å²) in [5.74, 6) is 0.0527. The molecule has 0 bridgehead atoms. The Bertz CT molecular complexity index is 1320. The van der Waals surface area contributed by atoms with E-state index in [4.69, 9.17) is 0 Å². The smallest absolute Gasteiger partial charge is 0.274 e. The van der Waals surface area contributed by atoms with Crippen molar-refractivity contribution in [3.8, 4) is 0 Å². The number of hydrogen-bond donors (Lipinski definition) is 1. The summed E-state index contributed by atoms with van der Waals surface area (Å²) in [6.07, 6.45) is 5.98. The number of nitrogens with zero attached hydrogens (tertiary/aromatic N) is 4. The van der Waals surface area contributed by atoms with Crippen LogP contribution in [0.4, 0.5) is 5.69 Å². The van der Waals surface area contributed by atoms with E-state index < -0.39 is 0 Å². The highest BCUT2D eigenvalue weighted by atomic mass is 32.1. The van der Waals surface area contributed by atoms with E-state index in [1.165, 1.54) is 0 Å². The van der Waals surface area contributed by atoms with Gasteiger partial charge in [0, 0.05) is 37.6 Å². The topological polar surface area (TPSA) is 79.6 Å². The first kappa shape index (κ1) is 20.6. The van der Waals surface area contributed by atoms with Crippen molar-refractivity contribution in [1.29, 1.82) is 0 Å². The predicted octanol–water partition coefficient (Wildman–Crippen LogP) is 4.44. The van der Waals surface area contributed by atoms with Crippen LogP contribution in [0.2, 0.25) is 0 Å². The number of imidazole rings is 1. The van der Waals surface area contributed by atoms with Crippen molar-refractivity contribution in [3.05, 3.63) is 59.0 Å². The van der Waals surface area contributed by atoms with Gasteiger partial charge in [-0.05, 0) is 62.4 Å². The molecule has 1 aliphatic rings. The Morgan fingerprint density at radius 2 is 2.03 bits per heavy atom. The molecule has 8 heteroatoms. The molecular weight excluding hydrogens is 422 g/mol. The molecule has 1 aliphatic heterocycles. The summed E-state index contributed by atoms with van der Waals surface area (Å²) in [7, 11) is 0. The molecule has 4 heterocycles. The zero-order chi connectivity index (χ0) is 22.2. The third-order valence-electron chi connectivity index (χ3n) is 5.88. The highest BCUT2D eigenvalue weighted by molar-refractivity contribution is 7.18. The van der Waals surface area contributed by atoms with Gasteiger partial charge in [-0.1, -0.05) is 6.07 Å². The molecule has 0 aliphatic carbocycles. The van der Waals surface area contributed by atoms with E-state index in [1.54, 1.807) is 17.5 Å². The van der Waals surface area contributed by atoms with Crippen LogP contribution in [0.15, 0.2) is 42.7 Å². The number of aromatic nitrogens is 3. The van der Waals surface area contributed by atoms with Gasteiger partial charge in [-0.25, -0.2) is 9.97 Å². The lowest BCUT2D eigenvalue weighted by atomic mass is 9.94. The van der Waals surface area contributed by atoms with E-state index in [2.05, 4.69) is 15.3 Å². The van der Waals surface area contributed by atoms with Crippen LogP contribution in [0.3, 0.4) is 0 Å². The zero-order valence-electron chi connectivity index (χ0n) is 18.2. The second kappa shape index (κ2) is 8.35. The summed E-state index contributed by atoms with van der Waals surface area (Å²) >= 11 is 1.62. The highest BCUT2D eigenvalue weighted by Gasteiger charge is 2.27. The number of fused-ring (bicyclic) bond motifs is 2. The van der Waals surface area contributed by atoms with Gasteiger partial charge in [0.1, 0.15) is 11.3 Å². The number of carbonyl (C=O) groups is 2. The SMILES string of the molecule is Cc1ccc2nc(C(=O)N3CCC[C@H](CC(=O)Nc4ccc5nc(C)sc5c4)C3)cn2c1. The molecule has 164 valence electrons. The minimum atomic E-state index is -0.0671. The maximum atomic E-state index is 13.0. The second-order valence-corrected chi connectivity index (χ2v) is 9.76. The number of amides is 2.